The summed E-state index contributed by atoms with van der Waals surface area (Å²) in [4.78, 5) is 12.0. The Labute approximate surface area is 112 Å². The lowest BCUT2D eigenvalue weighted by molar-refractivity contribution is -0.122. The summed E-state index contributed by atoms with van der Waals surface area (Å²) in [6.07, 6.45) is 2.85. The second-order valence-corrected chi connectivity index (χ2v) is 5.62. The van der Waals surface area contributed by atoms with Gasteiger partial charge in [0.25, 0.3) is 0 Å². The summed E-state index contributed by atoms with van der Waals surface area (Å²) in [6, 6.07) is 7.88. The van der Waals surface area contributed by atoms with Gasteiger partial charge in [-0.1, -0.05) is 18.2 Å². The number of fused-ring (bicyclic) bond motifs is 1. The standard InChI is InChI=1S/C14H17NO2S/c16-13(7-14(9-18)5-6-14)15-11-8-17-12-4-2-1-3-10(11)12/h1-4,11,18H,5-9H2,(H,15,16). The number of hydrogen-bond acceptors (Lipinski definition) is 3. The fourth-order valence-electron chi connectivity index (χ4n) is 2.44. The topological polar surface area (TPSA) is 38.3 Å². The van der Waals surface area contributed by atoms with E-state index in [1.165, 1.54) is 0 Å². The Morgan fingerprint density at radius 2 is 2.22 bits per heavy atom. The van der Waals surface area contributed by atoms with Crippen molar-refractivity contribution in [1.82, 2.24) is 5.32 Å². The van der Waals surface area contributed by atoms with Gasteiger partial charge in [-0.3, -0.25) is 4.79 Å². The molecule has 1 aliphatic heterocycles. The van der Waals surface area contributed by atoms with Gasteiger partial charge in [0.2, 0.25) is 5.91 Å². The quantitative estimate of drug-likeness (QED) is 0.818. The number of rotatable bonds is 4. The van der Waals surface area contributed by atoms with Gasteiger partial charge < -0.3 is 10.1 Å². The maximum atomic E-state index is 12.0. The Kier molecular flexibility index (Phi) is 2.98. The number of carbonyl (C=O) groups is 1. The van der Waals surface area contributed by atoms with E-state index in [1.807, 2.05) is 24.3 Å². The maximum absolute atomic E-state index is 12.0. The third kappa shape index (κ3) is 2.21. The zero-order valence-electron chi connectivity index (χ0n) is 10.2. The van der Waals surface area contributed by atoms with Crippen LogP contribution in [0.1, 0.15) is 30.9 Å². The van der Waals surface area contributed by atoms with Crippen LogP contribution in [0.2, 0.25) is 0 Å². The highest BCUT2D eigenvalue weighted by atomic mass is 32.1. The van der Waals surface area contributed by atoms with Gasteiger partial charge in [0.05, 0.1) is 6.04 Å². The number of nitrogens with one attached hydrogen (secondary N) is 1. The first-order valence-corrected chi connectivity index (χ1v) is 6.98. The monoisotopic (exact) mass is 263 g/mol. The molecule has 0 saturated heterocycles. The molecule has 18 heavy (non-hydrogen) atoms. The maximum Gasteiger partial charge on any atom is 0.221 e. The number of para-hydroxylation sites is 1. The first-order valence-electron chi connectivity index (χ1n) is 6.34. The number of thiol groups is 1. The van der Waals surface area contributed by atoms with Crippen LogP contribution in [0.15, 0.2) is 24.3 Å². The Morgan fingerprint density at radius 3 is 2.94 bits per heavy atom. The molecule has 0 radical (unpaired) electrons. The molecular formula is C14H17NO2S. The highest BCUT2D eigenvalue weighted by molar-refractivity contribution is 7.80. The van der Waals surface area contributed by atoms with Gasteiger partial charge in [-0.25, -0.2) is 0 Å². The van der Waals surface area contributed by atoms with Gasteiger partial charge in [0.1, 0.15) is 12.4 Å². The number of benzene rings is 1. The van der Waals surface area contributed by atoms with Crippen LogP contribution < -0.4 is 10.1 Å². The van der Waals surface area contributed by atoms with E-state index < -0.39 is 0 Å². The molecule has 1 aliphatic carbocycles. The summed E-state index contributed by atoms with van der Waals surface area (Å²) in [5.41, 5.74) is 1.26. The highest BCUT2D eigenvalue weighted by Gasteiger charge is 2.43. The minimum atomic E-state index is 0.00409. The Balaban J connectivity index is 1.63. The van der Waals surface area contributed by atoms with Crippen molar-refractivity contribution in [3.63, 3.8) is 0 Å². The predicted octanol–water partition coefficient (Wildman–Crippen LogP) is 2.34. The second-order valence-electron chi connectivity index (χ2n) is 5.30. The largest absolute Gasteiger partial charge is 0.491 e. The average molecular weight is 263 g/mol. The Hall–Kier alpha value is -1.16. The Morgan fingerprint density at radius 1 is 1.44 bits per heavy atom. The molecule has 1 fully saturated rings. The average Bonchev–Trinajstić information content (AvgIpc) is 3.04. The molecule has 1 saturated carbocycles. The molecular weight excluding hydrogens is 246 g/mol. The number of amides is 1. The number of carbonyl (C=O) groups excluding carboxylic acids is 1. The summed E-state index contributed by atoms with van der Waals surface area (Å²) in [5.74, 6) is 1.81. The molecule has 3 rings (SSSR count). The zero-order valence-corrected chi connectivity index (χ0v) is 11.1. The third-order valence-corrected chi connectivity index (χ3v) is 4.53. The lowest BCUT2D eigenvalue weighted by atomic mass is 10.0. The molecule has 0 bridgehead atoms. The molecule has 4 heteroatoms. The minimum absolute atomic E-state index is 0.00409. The fourth-order valence-corrected chi connectivity index (χ4v) is 2.86. The molecule has 2 aliphatic rings. The van der Waals surface area contributed by atoms with Gasteiger partial charge in [0.15, 0.2) is 0 Å². The SMILES string of the molecule is O=C(CC1(CS)CC1)NC1COc2ccccc21. The van der Waals surface area contributed by atoms with Crippen molar-refractivity contribution < 1.29 is 9.53 Å². The smallest absolute Gasteiger partial charge is 0.221 e. The summed E-state index contributed by atoms with van der Waals surface area (Å²) in [6.45, 7) is 0.541. The first kappa shape index (κ1) is 11.9. The van der Waals surface area contributed by atoms with Crippen LogP contribution in [0, 0.1) is 5.41 Å². The lowest BCUT2D eigenvalue weighted by Gasteiger charge is -2.15. The van der Waals surface area contributed by atoms with Crippen molar-refractivity contribution in [3.05, 3.63) is 29.8 Å². The molecule has 0 spiro atoms. The minimum Gasteiger partial charge on any atom is -0.491 e. The van der Waals surface area contributed by atoms with Crippen LogP contribution in [0.3, 0.4) is 0 Å². The molecule has 1 aromatic carbocycles. The van der Waals surface area contributed by atoms with E-state index >= 15 is 0 Å². The van der Waals surface area contributed by atoms with Crippen molar-refractivity contribution in [2.75, 3.05) is 12.4 Å². The second kappa shape index (κ2) is 4.50. The van der Waals surface area contributed by atoms with Crippen molar-refractivity contribution in [2.45, 2.75) is 25.3 Å². The van der Waals surface area contributed by atoms with E-state index in [1.54, 1.807) is 0 Å². The van der Waals surface area contributed by atoms with E-state index in [0.717, 1.165) is 29.9 Å². The molecule has 0 aromatic heterocycles. The summed E-state index contributed by atoms with van der Waals surface area (Å²) >= 11 is 4.33. The fraction of sp³-hybridized carbons (Fsp3) is 0.500. The van der Waals surface area contributed by atoms with E-state index in [4.69, 9.17) is 4.74 Å². The lowest BCUT2D eigenvalue weighted by Crippen LogP contribution is -2.31. The van der Waals surface area contributed by atoms with Crippen LogP contribution in [-0.2, 0) is 4.79 Å². The van der Waals surface area contributed by atoms with E-state index in [2.05, 4.69) is 17.9 Å². The first-order chi connectivity index (χ1) is 8.72. The third-order valence-electron chi connectivity index (χ3n) is 3.86. The normalized spacial score (nSPS) is 23.1. The predicted molar refractivity (Wildman–Crippen MR) is 73.0 cm³/mol. The highest BCUT2D eigenvalue weighted by Crippen LogP contribution is 2.49. The summed E-state index contributed by atoms with van der Waals surface area (Å²) in [5, 5.41) is 3.07. The molecule has 3 nitrogen and oxygen atoms in total. The zero-order chi connectivity index (χ0) is 12.6. The summed E-state index contributed by atoms with van der Waals surface area (Å²) < 4.78 is 5.55. The summed E-state index contributed by atoms with van der Waals surface area (Å²) in [7, 11) is 0. The van der Waals surface area contributed by atoms with Crippen molar-refractivity contribution in [2.24, 2.45) is 5.41 Å². The molecule has 1 heterocycles. The van der Waals surface area contributed by atoms with Crippen molar-refractivity contribution >= 4 is 18.5 Å². The van der Waals surface area contributed by atoms with Crippen LogP contribution in [0.4, 0.5) is 0 Å². The van der Waals surface area contributed by atoms with E-state index in [9.17, 15) is 4.79 Å². The molecule has 96 valence electrons. The van der Waals surface area contributed by atoms with E-state index in [-0.39, 0.29) is 17.4 Å². The van der Waals surface area contributed by atoms with Gasteiger partial charge in [-0.15, -0.1) is 0 Å². The van der Waals surface area contributed by atoms with Gasteiger partial charge >= 0.3 is 0 Å². The van der Waals surface area contributed by atoms with Crippen LogP contribution in [0.25, 0.3) is 0 Å². The molecule has 1 atom stereocenters. The van der Waals surface area contributed by atoms with Gasteiger partial charge in [0, 0.05) is 12.0 Å². The molecule has 1 aromatic rings. The van der Waals surface area contributed by atoms with Crippen LogP contribution in [-0.4, -0.2) is 18.3 Å². The Bertz CT molecular complexity index is 471. The van der Waals surface area contributed by atoms with Gasteiger partial charge in [-0.2, -0.15) is 12.6 Å². The van der Waals surface area contributed by atoms with E-state index in [0.29, 0.717) is 13.0 Å². The molecule has 1 unspecified atom stereocenters. The van der Waals surface area contributed by atoms with Crippen LogP contribution >= 0.6 is 12.6 Å². The number of hydrogen-bond donors (Lipinski definition) is 2. The van der Waals surface area contributed by atoms with Crippen molar-refractivity contribution in [1.29, 1.82) is 0 Å². The van der Waals surface area contributed by atoms with Crippen molar-refractivity contribution in [3.8, 4) is 5.75 Å². The van der Waals surface area contributed by atoms with Gasteiger partial charge in [-0.05, 0) is 30.1 Å². The molecule has 1 amide bonds. The number of ether oxygens (including phenoxy) is 1. The van der Waals surface area contributed by atoms with Crippen LogP contribution in [0.5, 0.6) is 5.75 Å². The molecule has 1 N–H and O–H groups in total.